The van der Waals surface area contributed by atoms with Crippen LogP contribution < -0.4 is 10.2 Å². The number of benzene rings is 2. The lowest BCUT2D eigenvalue weighted by atomic mass is 9.77. The van der Waals surface area contributed by atoms with Gasteiger partial charge in [-0.3, -0.25) is 9.59 Å². The molecule has 1 amide bonds. The van der Waals surface area contributed by atoms with Crippen LogP contribution in [0.1, 0.15) is 31.4 Å². The number of thiophene rings is 1. The first-order chi connectivity index (χ1) is 16.9. The van der Waals surface area contributed by atoms with Crippen molar-refractivity contribution >= 4 is 52.1 Å². The first-order valence-electron chi connectivity index (χ1n) is 11.7. The molecular weight excluding hydrogens is 500 g/mol. The summed E-state index contributed by atoms with van der Waals surface area (Å²) < 4.78 is 5.87. The van der Waals surface area contributed by atoms with Crippen LogP contribution >= 0.6 is 34.7 Å². The Balaban J connectivity index is 1.44. The van der Waals surface area contributed by atoms with Crippen molar-refractivity contribution in [3.05, 3.63) is 81.5 Å². The maximum atomic E-state index is 13.4. The Labute approximate surface area is 218 Å². The third kappa shape index (κ3) is 4.87. The lowest BCUT2D eigenvalue weighted by Gasteiger charge is -2.41. The predicted molar refractivity (Wildman–Crippen MR) is 143 cm³/mol. The van der Waals surface area contributed by atoms with E-state index in [1.807, 2.05) is 47.2 Å². The van der Waals surface area contributed by atoms with Gasteiger partial charge in [0.15, 0.2) is 5.78 Å². The fraction of sp³-hybridized carbons (Fsp3) is 0.333. The summed E-state index contributed by atoms with van der Waals surface area (Å²) in [6.07, 6.45) is 0.513. The van der Waals surface area contributed by atoms with Gasteiger partial charge < -0.3 is 15.0 Å². The number of hydrogen-bond donors (Lipinski definition) is 1. The summed E-state index contributed by atoms with van der Waals surface area (Å²) in [6, 6.07) is 17.5. The molecule has 2 aliphatic heterocycles. The van der Waals surface area contributed by atoms with Crippen molar-refractivity contribution in [1.82, 2.24) is 5.32 Å². The number of piperidine rings is 1. The highest BCUT2D eigenvalue weighted by Crippen LogP contribution is 2.42. The van der Waals surface area contributed by atoms with Gasteiger partial charge in [-0.25, -0.2) is 0 Å². The van der Waals surface area contributed by atoms with E-state index in [9.17, 15) is 9.59 Å². The molecule has 0 spiro atoms. The highest BCUT2D eigenvalue weighted by atomic mass is 35.5. The molecule has 35 heavy (non-hydrogen) atoms. The molecule has 5 rings (SSSR count). The minimum Gasteiger partial charge on any atom is -0.372 e. The first-order valence-corrected chi connectivity index (χ1v) is 13.9. The Hall–Kier alpha value is -2.32. The number of carbonyl (C=O) groups is 2. The van der Waals surface area contributed by atoms with Crippen molar-refractivity contribution in [1.29, 1.82) is 0 Å². The molecule has 4 atom stereocenters. The minimum atomic E-state index is -0.893. The summed E-state index contributed by atoms with van der Waals surface area (Å²) in [5.41, 5.74) is 2.04. The molecule has 1 aromatic heterocycles. The second-order valence-corrected chi connectivity index (χ2v) is 11.5. The van der Waals surface area contributed by atoms with Gasteiger partial charge in [-0.05, 0) is 66.1 Å². The number of ether oxygens (including phenoxy) is 1. The zero-order valence-corrected chi connectivity index (χ0v) is 22.0. The summed E-state index contributed by atoms with van der Waals surface area (Å²) in [5, 5.41) is 6.92. The van der Waals surface area contributed by atoms with Crippen LogP contribution in [-0.2, 0) is 19.9 Å². The first kappa shape index (κ1) is 24.4. The minimum absolute atomic E-state index is 0.107. The molecule has 2 fully saturated rings. The molecule has 182 valence electrons. The van der Waals surface area contributed by atoms with E-state index in [4.69, 9.17) is 16.3 Å². The number of halogens is 1. The van der Waals surface area contributed by atoms with E-state index in [0.29, 0.717) is 5.02 Å². The molecule has 2 saturated heterocycles. The summed E-state index contributed by atoms with van der Waals surface area (Å²) in [7, 11) is 0. The van der Waals surface area contributed by atoms with Crippen molar-refractivity contribution in [2.24, 2.45) is 0 Å². The molecule has 1 N–H and O–H groups in total. The Morgan fingerprint density at radius 3 is 2.37 bits per heavy atom. The van der Waals surface area contributed by atoms with Crippen LogP contribution in [0.15, 0.2) is 70.3 Å². The molecule has 0 radical (unpaired) electrons. The number of nitrogens with one attached hydrogen (secondary N) is 1. The van der Waals surface area contributed by atoms with Gasteiger partial charge in [0, 0.05) is 30.1 Å². The topological polar surface area (TPSA) is 58.6 Å². The fourth-order valence-corrected chi connectivity index (χ4v) is 6.95. The number of nitrogens with zero attached hydrogens (tertiary/aromatic N) is 1. The van der Waals surface area contributed by atoms with Crippen molar-refractivity contribution in [3.63, 3.8) is 0 Å². The molecule has 8 heteroatoms. The zero-order chi connectivity index (χ0) is 24.6. The number of morpholine rings is 1. The van der Waals surface area contributed by atoms with Crippen LogP contribution in [0.5, 0.6) is 0 Å². The predicted octanol–water partition coefficient (Wildman–Crippen LogP) is 5.51. The van der Waals surface area contributed by atoms with E-state index < -0.39 is 10.8 Å². The van der Waals surface area contributed by atoms with Crippen LogP contribution in [0.3, 0.4) is 0 Å². The van der Waals surface area contributed by atoms with Gasteiger partial charge in [-0.1, -0.05) is 35.9 Å². The van der Waals surface area contributed by atoms with Gasteiger partial charge in [0.2, 0.25) is 5.91 Å². The number of carbonyl (C=O) groups excluding carboxylic acids is 2. The van der Waals surface area contributed by atoms with E-state index in [0.717, 1.165) is 34.8 Å². The van der Waals surface area contributed by atoms with Crippen molar-refractivity contribution in [2.45, 2.75) is 48.2 Å². The summed E-state index contributed by atoms with van der Waals surface area (Å²) >= 11 is 9.06. The van der Waals surface area contributed by atoms with E-state index >= 15 is 0 Å². The number of rotatable bonds is 5. The van der Waals surface area contributed by atoms with Crippen LogP contribution in [0.2, 0.25) is 5.02 Å². The monoisotopic (exact) mass is 526 g/mol. The third-order valence-corrected chi connectivity index (χ3v) is 8.99. The Bertz CT molecular complexity index is 1190. The highest BCUT2D eigenvalue weighted by molar-refractivity contribution is 8.01. The van der Waals surface area contributed by atoms with Gasteiger partial charge in [-0.2, -0.15) is 11.3 Å². The molecule has 2 aliphatic rings. The molecule has 3 aromatic rings. The quantitative estimate of drug-likeness (QED) is 0.444. The third-order valence-electron chi connectivity index (χ3n) is 6.55. The van der Waals surface area contributed by atoms with Crippen molar-refractivity contribution in [3.8, 4) is 0 Å². The largest absolute Gasteiger partial charge is 0.372 e. The standard InChI is InChI=1S/C27H27ClN2O3S2/c1-17-14-30(15-18(2)33-17)21-9-7-19(8-10-21)27(20-11-12-34-16-20)13-23(31)25(26(32)29-27)35-24-6-4-3-5-22(24)28/h3-12,16-18,25H,13-15H2,1-2H3,(H,29,32). The van der Waals surface area contributed by atoms with Crippen LogP contribution in [0.4, 0.5) is 5.69 Å². The molecule has 4 unspecified atom stereocenters. The number of hydrogen-bond acceptors (Lipinski definition) is 6. The zero-order valence-electron chi connectivity index (χ0n) is 19.6. The van der Waals surface area contributed by atoms with Crippen molar-refractivity contribution in [2.75, 3.05) is 18.0 Å². The second kappa shape index (κ2) is 9.97. The number of anilines is 1. The Kier molecular flexibility index (Phi) is 6.95. The summed E-state index contributed by atoms with van der Waals surface area (Å²) in [6.45, 7) is 5.83. The Morgan fingerprint density at radius 2 is 1.74 bits per heavy atom. The maximum Gasteiger partial charge on any atom is 0.242 e. The van der Waals surface area contributed by atoms with Gasteiger partial charge in [0.1, 0.15) is 5.25 Å². The molecule has 2 aromatic carbocycles. The van der Waals surface area contributed by atoms with Gasteiger partial charge in [-0.15, -0.1) is 11.8 Å². The van der Waals surface area contributed by atoms with Crippen molar-refractivity contribution < 1.29 is 14.3 Å². The average molecular weight is 527 g/mol. The SMILES string of the molecule is CC1CN(c2ccc(C3(c4ccsc4)CC(=O)C(Sc4ccccc4Cl)C(=O)N3)cc2)CC(C)O1. The average Bonchev–Trinajstić information content (AvgIpc) is 3.38. The van der Waals surface area contributed by atoms with Gasteiger partial charge in [0.25, 0.3) is 0 Å². The summed E-state index contributed by atoms with van der Waals surface area (Å²) in [5.74, 6) is -0.401. The molecule has 3 heterocycles. The maximum absolute atomic E-state index is 13.4. The normalized spacial score (nSPS) is 27.1. The van der Waals surface area contributed by atoms with E-state index in [2.05, 4.69) is 36.2 Å². The fourth-order valence-electron chi connectivity index (χ4n) is 4.97. The lowest BCUT2D eigenvalue weighted by Crippen LogP contribution is -2.58. The van der Waals surface area contributed by atoms with Gasteiger partial charge >= 0.3 is 0 Å². The number of amides is 1. The second-order valence-electron chi connectivity index (χ2n) is 9.19. The lowest BCUT2D eigenvalue weighted by molar-refractivity contribution is -0.132. The molecule has 0 aliphatic carbocycles. The van der Waals surface area contributed by atoms with Crippen LogP contribution in [-0.4, -0.2) is 42.2 Å². The van der Waals surface area contributed by atoms with E-state index in [1.165, 1.54) is 11.8 Å². The summed E-state index contributed by atoms with van der Waals surface area (Å²) in [4.78, 5) is 29.9. The van der Waals surface area contributed by atoms with Crippen LogP contribution in [0.25, 0.3) is 0 Å². The smallest absolute Gasteiger partial charge is 0.242 e. The Morgan fingerprint density at radius 1 is 1.03 bits per heavy atom. The number of thioether (sulfide) groups is 1. The molecule has 5 nitrogen and oxygen atoms in total. The molecular formula is C27H27ClN2O3S2. The van der Waals surface area contributed by atoms with E-state index in [1.54, 1.807) is 17.4 Å². The molecule has 0 bridgehead atoms. The van der Waals surface area contributed by atoms with E-state index in [-0.39, 0.29) is 30.3 Å². The number of Topliss-reactive ketones (excluding diaryl/α,β-unsaturated/α-hetero) is 1. The number of ketones is 1. The van der Waals surface area contributed by atoms with Crippen LogP contribution in [0, 0.1) is 0 Å². The van der Waals surface area contributed by atoms with Gasteiger partial charge in [0.05, 0.1) is 22.8 Å². The highest BCUT2D eigenvalue weighted by Gasteiger charge is 2.47. The molecule has 0 saturated carbocycles.